The summed E-state index contributed by atoms with van der Waals surface area (Å²) in [5.74, 6) is -0.0134. The predicted molar refractivity (Wildman–Crippen MR) is 84.3 cm³/mol. The first-order valence-corrected chi connectivity index (χ1v) is 7.61. The molecule has 112 valence electrons. The molecular weight excluding hydrogens is 286 g/mol. The third-order valence-electron chi connectivity index (χ3n) is 3.02. The number of aryl methyl sites for hydroxylation is 1. The predicted octanol–water partition coefficient (Wildman–Crippen LogP) is 3.31. The van der Waals surface area contributed by atoms with E-state index in [4.69, 9.17) is 9.84 Å². The molecule has 0 spiro atoms. The smallest absolute Gasteiger partial charge is 0.345 e. The number of hydrogen-bond donors (Lipinski definition) is 2. The molecule has 0 bridgehead atoms. The monoisotopic (exact) mass is 305 g/mol. The summed E-state index contributed by atoms with van der Waals surface area (Å²) < 4.78 is 5.70. The van der Waals surface area contributed by atoms with Gasteiger partial charge in [-0.2, -0.15) is 0 Å². The maximum atomic E-state index is 10.8. The first-order chi connectivity index (χ1) is 10.0. The molecule has 21 heavy (non-hydrogen) atoms. The molecule has 1 atom stereocenters. The molecule has 2 rings (SSSR count). The first-order valence-electron chi connectivity index (χ1n) is 6.79. The van der Waals surface area contributed by atoms with Crippen LogP contribution in [0.1, 0.15) is 27.0 Å². The van der Waals surface area contributed by atoms with Crippen LogP contribution in [0.4, 0.5) is 0 Å². The van der Waals surface area contributed by atoms with Crippen molar-refractivity contribution in [3.8, 4) is 5.75 Å². The molecule has 1 heterocycles. The summed E-state index contributed by atoms with van der Waals surface area (Å²) in [7, 11) is 0. The number of carboxylic acid groups (broad SMARTS) is 1. The van der Waals surface area contributed by atoms with Crippen LogP contribution in [-0.2, 0) is 6.54 Å². The zero-order valence-corrected chi connectivity index (χ0v) is 12.9. The summed E-state index contributed by atoms with van der Waals surface area (Å²) in [6, 6.07) is 11.6. The largest absolute Gasteiger partial charge is 0.492 e. The highest BCUT2D eigenvalue weighted by Gasteiger charge is 2.08. The average molecular weight is 305 g/mol. The van der Waals surface area contributed by atoms with E-state index in [9.17, 15) is 4.79 Å². The van der Waals surface area contributed by atoms with E-state index in [0.717, 1.165) is 10.6 Å². The van der Waals surface area contributed by atoms with E-state index >= 15 is 0 Å². The van der Waals surface area contributed by atoms with Crippen LogP contribution in [0.3, 0.4) is 0 Å². The number of carbonyl (C=O) groups is 1. The molecule has 1 unspecified atom stereocenters. The van der Waals surface area contributed by atoms with Gasteiger partial charge >= 0.3 is 5.97 Å². The molecule has 2 aromatic rings. The topological polar surface area (TPSA) is 58.6 Å². The van der Waals surface area contributed by atoms with Gasteiger partial charge in [-0.15, -0.1) is 11.3 Å². The number of nitrogens with one attached hydrogen (secondary N) is 1. The molecule has 0 aliphatic heterocycles. The van der Waals surface area contributed by atoms with Crippen molar-refractivity contribution >= 4 is 17.3 Å². The minimum Gasteiger partial charge on any atom is -0.492 e. The lowest BCUT2D eigenvalue weighted by atomic mass is 10.2. The van der Waals surface area contributed by atoms with E-state index in [-0.39, 0.29) is 6.04 Å². The van der Waals surface area contributed by atoms with Gasteiger partial charge in [0.15, 0.2) is 0 Å². The lowest BCUT2D eigenvalue weighted by Gasteiger charge is -2.14. The van der Waals surface area contributed by atoms with E-state index in [0.29, 0.717) is 18.0 Å². The van der Waals surface area contributed by atoms with Gasteiger partial charge in [0, 0.05) is 17.5 Å². The standard InChI is InChI=1S/C16H19NO3S/c1-11-3-5-13(6-4-11)20-10-12(2)17-9-14-7-8-15(21-14)16(18)19/h3-8,12,17H,9-10H2,1-2H3,(H,18,19). The number of hydrogen-bond acceptors (Lipinski definition) is 4. The molecule has 0 saturated carbocycles. The quantitative estimate of drug-likeness (QED) is 0.824. The summed E-state index contributed by atoms with van der Waals surface area (Å²) in [5, 5.41) is 12.2. The summed E-state index contributed by atoms with van der Waals surface area (Å²) in [6.07, 6.45) is 0. The van der Waals surface area contributed by atoms with Crippen LogP contribution in [0.25, 0.3) is 0 Å². The molecule has 0 fully saturated rings. The maximum Gasteiger partial charge on any atom is 0.345 e. The first kappa shape index (κ1) is 15.5. The fourth-order valence-electron chi connectivity index (χ4n) is 1.78. The second kappa shape index (κ2) is 7.24. The van der Waals surface area contributed by atoms with Crippen molar-refractivity contribution < 1.29 is 14.6 Å². The van der Waals surface area contributed by atoms with Gasteiger partial charge in [-0.3, -0.25) is 0 Å². The summed E-state index contributed by atoms with van der Waals surface area (Å²) in [6.45, 7) is 5.30. The lowest BCUT2D eigenvalue weighted by Crippen LogP contribution is -2.31. The molecule has 0 aliphatic rings. The number of ether oxygens (including phenoxy) is 1. The van der Waals surface area contributed by atoms with Gasteiger partial charge in [0.05, 0.1) is 0 Å². The Morgan fingerprint density at radius 3 is 2.62 bits per heavy atom. The highest BCUT2D eigenvalue weighted by atomic mass is 32.1. The zero-order chi connectivity index (χ0) is 15.2. The molecule has 0 saturated heterocycles. The summed E-state index contributed by atoms with van der Waals surface area (Å²) in [4.78, 5) is 12.2. The van der Waals surface area contributed by atoms with Crippen molar-refractivity contribution in [2.24, 2.45) is 0 Å². The molecule has 1 aromatic heterocycles. The van der Waals surface area contributed by atoms with Gasteiger partial charge < -0.3 is 15.2 Å². The van der Waals surface area contributed by atoms with Crippen molar-refractivity contribution in [1.29, 1.82) is 0 Å². The average Bonchev–Trinajstić information content (AvgIpc) is 2.93. The Bertz CT molecular complexity index is 592. The summed E-state index contributed by atoms with van der Waals surface area (Å²) >= 11 is 1.30. The molecule has 4 nitrogen and oxygen atoms in total. The Balaban J connectivity index is 1.75. The Kier molecular flexibility index (Phi) is 5.36. The van der Waals surface area contributed by atoms with Crippen molar-refractivity contribution in [3.05, 3.63) is 51.7 Å². The SMILES string of the molecule is Cc1ccc(OCC(C)NCc2ccc(C(=O)O)s2)cc1. The Hall–Kier alpha value is -1.85. The van der Waals surface area contributed by atoms with Gasteiger partial charge in [-0.05, 0) is 38.1 Å². The third kappa shape index (κ3) is 4.88. The fraction of sp³-hybridized carbons (Fsp3) is 0.312. The van der Waals surface area contributed by atoms with Crippen molar-refractivity contribution in [3.63, 3.8) is 0 Å². The van der Waals surface area contributed by atoms with Crippen LogP contribution in [-0.4, -0.2) is 23.7 Å². The van der Waals surface area contributed by atoms with E-state index < -0.39 is 5.97 Å². The van der Waals surface area contributed by atoms with E-state index in [1.165, 1.54) is 16.9 Å². The normalized spacial score (nSPS) is 12.1. The molecule has 0 aliphatic carbocycles. The third-order valence-corrected chi connectivity index (χ3v) is 4.09. The highest BCUT2D eigenvalue weighted by Crippen LogP contribution is 2.16. The van der Waals surface area contributed by atoms with Gasteiger partial charge in [0.25, 0.3) is 0 Å². The van der Waals surface area contributed by atoms with Gasteiger partial charge in [0.2, 0.25) is 0 Å². The molecule has 2 N–H and O–H groups in total. The number of rotatable bonds is 7. The lowest BCUT2D eigenvalue weighted by molar-refractivity contribution is 0.0702. The molecular formula is C16H19NO3S. The molecule has 5 heteroatoms. The number of thiophene rings is 1. The second-order valence-corrected chi connectivity index (χ2v) is 6.15. The van der Waals surface area contributed by atoms with E-state index in [1.54, 1.807) is 6.07 Å². The van der Waals surface area contributed by atoms with Crippen LogP contribution in [0.5, 0.6) is 5.75 Å². The summed E-state index contributed by atoms with van der Waals surface area (Å²) in [5.41, 5.74) is 1.21. The molecule has 1 aromatic carbocycles. The number of aromatic carboxylic acids is 1. The van der Waals surface area contributed by atoms with Gasteiger partial charge in [0.1, 0.15) is 17.2 Å². The van der Waals surface area contributed by atoms with Crippen molar-refractivity contribution in [1.82, 2.24) is 5.32 Å². The van der Waals surface area contributed by atoms with Crippen LogP contribution >= 0.6 is 11.3 Å². The minimum absolute atomic E-state index is 0.182. The second-order valence-electron chi connectivity index (χ2n) is 4.98. The molecule has 0 amide bonds. The number of benzene rings is 1. The molecule has 0 radical (unpaired) electrons. The van der Waals surface area contributed by atoms with Crippen LogP contribution in [0, 0.1) is 6.92 Å². The van der Waals surface area contributed by atoms with Crippen molar-refractivity contribution in [2.75, 3.05) is 6.61 Å². The highest BCUT2D eigenvalue weighted by molar-refractivity contribution is 7.13. The minimum atomic E-state index is -0.873. The van der Waals surface area contributed by atoms with Crippen LogP contribution < -0.4 is 10.1 Å². The van der Waals surface area contributed by atoms with Crippen LogP contribution in [0.15, 0.2) is 36.4 Å². The van der Waals surface area contributed by atoms with Crippen molar-refractivity contribution in [2.45, 2.75) is 26.4 Å². The Morgan fingerprint density at radius 2 is 2.00 bits per heavy atom. The van der Waals surface area contributed by atoms with E-state index in [2.05, 4.69) is 5.32 Å². The Morgan fingerprint density at radius 1 is 1.29 bits per heavy atom. The van der Waals surface area contributed by atoms with E-state index in [1.807, 2.05) is 44.2 Å². The van der Waals surface area contributed by atoms with Crippen LogP contribution in [0.2, 0.25) is 0 Å². The Labute approximate surface area is 128 Å². The van der Waals surface area contributed by atoms with Gasteiger partial charge in [-0.1, -0.05) is 17.7 Å². The fourth-order valence-corrected chi connectivity index (χ4v) is 2.57. The number of carboxylic acids is 1. The van der Waals surface area contributed by atoms with Gasteiger partial charge in [-0.25, -0.2) is 4.79 Å². The zero-order valence-electron chi connectivity index (χ0n) is 12.1. The maximum absolute atomic E-state index is 10.8.